The molecule has 0 aromatic heterocycles. The molecule has 1 aromatic carbocycles. The van der Waals surface area contributed by atoms with Crippen molar-refractivity contribution >= 4 is 15.9 Å². The quantitative estimate of drug-likeness (QED) is 0.540. The van der Waals surface area contributed by atoms with E-state index in [-0.39, 0.29) is 12.2 Å². The Labute approximate surface area is 151 Å². The molecule has 134 valence electrons. The van der Waals surface area contributed by atoms with Gasteiger partial charge in [0.1, 0.15) is 12.0 Å². The largest absolute Gasteiger partial charge is 0.502 e. The Morgan fingerprint density at radius 2 is 2.00 bits per heavy atom. The van der Waals surface area contributed by atoms with Gasteiger partial charge in [-0.15, -0.1) is 0 Å². The first-order valence-corrected chi connectivity index (χ1v) is 7.94. The lowest BCUT2D eigenvalue weighted by molar-refractivity contribution is -0.399. The van der Waals surface area contributed by atoms with E-state index in [1.54, 1.807) is 19.1 Å². The zero-order valence-corrected chi connectivity index (χ0v) is 14.9. The van der Waals surface area contributed by atoms with Crippen molar-refractivity contribution < 1.29 is 34.6 Å². The zero-order valence-electron chi connectivity index (χ0n) is 13.4. The third-order valence-electron chi connectivity index (χ3n) is 3.43. The van der Waals surface area contributed by atoms with Gasteiger partial charge in [-0.2, -0.15) is 5.26 Å². The fourth-order valence-electron chi connectivity index (χ4n) is 1.98. The number of nitriles is 1. The Kier molecular flexibility index (Phi) is 5.17. The van der Waals surface area contributed by atoms with Crippen molar-refractivity contribution in [3.05, 3.63) is 51.8 Å². The topological polar surface area (TPSA) is 132 Å². The summed E-state index contributed by atoms with van der Waals surface area (Å²) in [5.41, 5.74) is 0.337. The lowest BCUT2D eigenvalue weighted by atomic mass is 10.2. The van der Waals surface area contributed by atoms with Crippen LogP contribution in [-0.2, 0) is 9.47 Å². The Morgan fingerprint density at radius 3 is 2.60 bits per heavy atom. The highest BCUT2D eigenvalue weighted by Crippen LogP contribution is 2.35. The molecule has 0 saturated carbocycles. The SMILES string of the molecule is CCC(C)(Oc1cc(Br)cc(C#N)c1)OC1(O)OC=C(O)C(O)=C1O. The van der Waals surface area contributed by atoms with Crippen molar-refractivity contribution in [3.8, 4) is 11.8 Å². The summed E-state index contributed by atoms with van der Waals surface area (Å²) in [4.78, 5) is 0. The minimum Gasteiger partial charge on any atom is -0.502 e. The molecule has 25 heavy (non-hydrogen) atoms. The molecule has 0 bridgehead atoms. The van der Waals surface area contributed by atoms with Crippen LogP contribution in [0.15, 0.2) is 46.2 Å². The van der Waals surface area contributed by atoms with Crippen LogP contribution in [0.25, 0.3) is 0 Å². The highest BCUT2D eigenvalue weighted by Gasteiger charge is 2.48. The van der Waals surface area contributed by atoms with Crippen LogP contribution in [0.2, 0.25) is 0 Å². The van der Waals surface area contributed by atoms with E-state index in [4.69, 9.17) is 19.5 Å². The Balaban J connectivity index is 2.30. The number of ether oxygens (including phenoxy) is 3. The molecule has 2 rings (SSSR count). The number of rotatable bonds is 5. The van der Waals surface area contributed by atoms with Crippen LogP contribution in [0.4, 0.5) is 0 Å². The first kappa shape index (κ1) is 18.9. The van der Waals surface area contributed by atoms with Crippen molar-refractivity contribution in [1.82, 2.24) is 0 Å². The molecule has 2 atom stereocenters. The van der Waals surface area contributed by atoms with Gasteiger partial charge in [0, 0.05) is 17.8 Å². The predicted molar refractivity (Wildman–Crippen MR) is 88.3 cm³/mol. The van der Waals surface area contributed by atoms with Crippen LogP contribution in [0, 0.1) is 11.3 Å². The fraction of sp³-hybridized carbons (Fsp3) is 0.312. The maximum absolute atomic E-state index is 10.3. The third kappa shape index (κ3) is 3.99. The van der Waals surface area contributed by atoms with Crippen LogP contribution < -0.4 is 4.74 Å². The van der Waals surface area contributed by atoms with E-state index in [9.17, 15) is 20.4 Å². The van der Waals surface area contributed by atoms with Crippen molar-refractivity contribution in [1.29, 1.82) is 5.26 Å². The minimum atomic E-state index is -2.76. The van der Waals surface area contributed by atoms with Gasteiger partial charge < -0.3 is 29.9 Å². The second-order valence-corrected chi connectivity index (χ2v) is 6.29. The van der Waals surface area contributed by atoms with Crippen LogP contribution in [-0.4, -0.2) is 32.2 Å². The standard InChI is InChI=1S/C16H16BrNO7/c1-3-15(2,24-11-5-9(7-18)4-10(17)6-11)25-16(22)14(21)13(20)12(19)8-23-16/h4-6,8,19-22H,3H2,1-2H3. The van der Waals surface area contributed by atoms with E-state index in [1.807, 2.05) is 6.07 Å². The monoisotopic (exact) mass is 413 g/mol. The molecule has 0 spiro atoms. The maximum Gasteiger partial charge on any atom is 0.394 e. The molecule has 8 nitrogen and oxygen atoms in total. The van der Waals surface area contributed by atoms with Gasteiger partial charge in [-0.3, -0.25) is 4.74 Å². The van der Waals surface area contributed by atoms with Crippen molar-refractivity contribution in [3.63, 3.8) is 0 Å². The summed E-state index contributed by atoms with van der Waals surface area (Å²) in [7, 11) is 0. The van der Waals surface area contributed by atoms with Crippen LogP contribution in [0.1, 0.15) is 25.8 Å². The predicted octanol–water partition coefficient (Wildman–Crippen LogP) is 3.25. The number of aliphatic hydroxyl groups is 4. The van der Waals surface area contributed by atoms with Crippen molar-refractivity contribution in [2.45, 2.75) is 32.0 Å². The van der Waals surface area contributed by atoms with Gasteiger partial charge in [0.15, 0.2) is 5.76 Å². The van der Waals surface area contributed by atoms with Crippen LogP contribution in [0.3, 0.4) is 0 Å². The van der Waals surface area contributed by atoms with Gasteiger partial charge in [-0.05, 0) is 18.2 Å². The van der Waals surface area contributed by atoms with Gasteiger partial charge in [-0.1, -0.05) is 22.9 Å². The first-order chi connectivity index (χ1) is 11.6. The van der Waals surface area contributed by atoms with E-state index in [0.717, 1.165) is 0 Å². The van der Waals surface area contributed by atoms with Crippen LogP contribution >= 0.6 is 15.9 Å². The highest BCUT2D eigenvalue weighted by molar-refractivity contribution is 9.10. The van der Waals surface area contributed by atoms with E-state index in [0.29, 0.717) is 16.3 Å². The van der Waals surface area contributed by atoms with E-state index in [1.165, 1.54) is 13.0 Å². The normalized spacial score (nSPS) is 22.4. The molecule has 4 N–H and O–H groups in total. The van der Waals surface area contributed by atoms with E-state index >= 15 is 0 Å². The molecule has 1 aliphatic rings. The number of hydrogen-bond donors (Lipinski definition) is 4. The number of aliphatic hydroxyl groups excluding tert-OH is 3. The van der Waals surface area contributed by atoms with E-state index in [2.05, 4.69) is 15.9 Å². The molecule has 0 amide bonds. The summed E-state index contributed by atoms with van der Waals surface area (Å²) in [6, 6.07) is 6.62. The summed E-state index contributed by atoms with van der Waals surface area (Å²) in [5, 5.41) is 48.0. The summed E-state index contributed by atoms with van der Waals surface area (Å²) >= 11 is 3.25. The number of benzene rings is 1. The Morgan fingerprint density at radius 1 is 1.32 bits per heavy atom. The molecular formula is C16H16BrNO7. The molecule has 0 radical (unpaired) electrons. The second-order valence-electron chi connectivity index (χ2n) is 5.38. The van der Waals surface area contributed by atoms with Crippen molar-refractivity contribution in [2.24, 2.45) is 0 Å². The van der Waals surface area contributed by atoms with Gasteiger partial charge in [-0.25, -0.2) is 0 Å². The van der Waals surface area contributed by atoms with Gasteiger partial charge in [0.2, 0.25) is 17.3 Å². The summed E-state index contributed by atoms with van der Waals surface area (Å²) in [5.74, 6) is -6.89. The average Bonchev–Trinajstić information content (AvgIpc) is 2.56. The average molecular weight is 414 g/mol. The Bertz CT molecular complexity index is 785. The minimum absolute atomic E-state index is 0.191. The van der Waals surface area contributed by atoms with Crippen LogP contribution in [0.5, 0.6) is 5.75 Å². The summed E-state index contributed by atoms with van der Waals surface area (Å²) < 4.78 is 16.4. The van der Waals surface area contributed by atoms with Gasteiger partial charge >= 0.3 is 5.97 Å². The highest BCUT2D eigenvalue weighted by atomic mass is 79.9. The number of halogens is 1. The lowest BCUT2D eigenvalue weighted by Gasteiger charge is -2.37. The summed E-state index contributed by atoms with van der Waals surface area (Å²) in [6.07, 6.45) is 0.814. The molecule has 1 aromatic rings. The first-order valence-electron chi connectivity index (χ1n) is 7.14. The number of hydrogen-bond acceptors (Lipinski definition) is 8. The molecular weight excluding hydrogens is 398 g/mol. The smallest absolute Gasteiger partial charge is 0.394 e. The second kappa shape index (κ2) is 6.84. The van der Waals surface area contributed by atoms with Crippen molar-refractivity contribution in [2.75, 3.05) is 0 Å². The third-order valence-corrected chi connectivity index (χ3v) is 3.88. The zero-order chi connectivity index (χ0) is 18.8. The Hall–Kier alpha value is -2.41. The lowest BCUT2D eigenvalue weighted by Crippen LogP contribution is -2.49. The van der Waals surface area contributed by atoms with Gasteiger partial charge in [0.25, 0.3) is 0 Å². The molecule has 2 unspecified atom stereocenters. The molecule has 0 saturated heterocycles. The molecule has 1 aliphatic heterocycles. The van der Waals surface area contributed by atoms with Gasteiger partial charge in [0.05, 0.1) is 11.6 Å². The molecule has 1 heterocycles. The number of nitrogens with zero attached hydrogens (tertiary/aromatic N) is 1. The summed E-state index contributed by atoms with van der Waals surface area (Å²) in [6.45, 7) is 3.15. The molecule has 9 heteroatoms. The maximum atomic E-state index is 10.3. The molecule has 0 aliphatic carbocycles. The fourth-order valence-corrected chi connectivity index (χ4v) is 2.46. The molecule has 0 fully saturated rings. The van der Waals surface area contributed by atoms with E-state index < -0.39 is 29.0 Å².